The Balaban J connectivity index is 1.70. The fraction of sp³-hybridized carbons (Fsp3) is 0.600. The summed E-state index contributed by atoms with van der Waals surface area (Å²) in [5.74, 6) is 1.78. The van der Waals surface area contributed by atoms with Gasteiger partial charge in [-0.25, -0.2) is 8.42 Å². The first kappa shape index (κ1) is 16.1. The van der Waals surface area contributed by atoms with Crippen LogP contribution in [0.1, 0.15) is 19.8 Å². The number of ether oxygens (including phenoxy) is 2. The van der Waals surface area contributed by atoms with Crippen LogP contribution in [0.2, 0.25) is 0 Å². The molecule has 1 saturated heterocycles. The van der Waals surface area contributed by atoms with Crippen LogP contribution in [-0.2, 0) is 9.84 Å². The lowest BCUT2D eigenvalue weighted by atomic mass is 10.2. The fourth-order valence-electron chi connectivity index (χ4n) is 2.43. The van der Waals surface area contributed by atoms with Crippen molar-refractivity contribution in [2.75, 3.05) is 32.1 Å². The molecular formula is C15H23NO4S. The van der Waals surface area contributed by atoms with E-state index in [4.69, 9.17) is 9.47 Å². The largest absolute Gasteiger partial charge is 0.490 e. The highest BCUT2D eigenvalue weighted by Gasteiger charge is 2.30. The Morgan fingerprint density at radius 1 is 1.24 bits per heavy atom. The molecule has 0 spiro atoms. The number of para-hydroxylation sites is 2. The maximum atomic E-state index is 11.7. The molecule has 0 amide bonds. The van der Waals surface area contributed by atoms with Crippen LogP contribution in [0.4, 0.5) is 0 Å². The number of hydrogen-bond acceptors (Lipinski definition) is 5. The highest BCUT2D eigenvalue weighted by molar-refractivity contribution is 7.92. The summed E-state index contributed by atoms with van der Waals surface area (Å²) in [5, 5.41) is 2.93. The van der Waals surface area contributed by atoms with Crippen molar-refractivity contribution in [3.05, 3.63) is 24.3 Å². The zero-order valence-corrected chi connectivity index (χ0v) is 13.2. The van der Waals surface area contributed by atoms with Gasteiger partial charge in [-0.2, -0.15) is 0 Å². The second-order valence-corrected chi connectivity index (χ2v) is 7.46. The van der Waals surface area contributed by atoms with Gasteiger partial charge in [-0.1, -0.05) is 12.1 Å². The minimum Gasteiger partial charge on any atom is -0.490 e. The second kappa shape index (κ2) is 7.66. The SMILES string of the molecule is CCOc1ccccc1OCCNCC1CCCS1(=O)=O. The molecule has 1 aromatic carbocycles. The van der Waals surface area contributed by atoms with E-state index in [0.29, 0.717) is 32.1 Å². The van der Waals surface area contributed by atoms with Gasteiger partial charge in [0.2, 0.25) is 0 Å². The van der Waals surface area contributed by atoms with Gasteiger partial charge in [-0.15, -0.1) is 0 Å². The Morgan fingerprint density at radius 3 is 2.57 bits per heavy atom. The number of hydrogen-bond donors (Lipinski definition) is 1. The lowest BCUT2D eigenvalue weighted by Gasteiger charge is -2.13. The second-order valence-electron chi connectivity index (χ2n) is 5.06. The van der Waals surface area contributed by atoms with E-state index < -0.39 is 9.84 Å². The lowest BCUT2D eigenvalue weighted by molar-refractivity contribution is 0.276. The predicted molar refractivity (Wildman–Crippen MR) is 82.8 cm³/mol. The molecule has 1 heterocycles. The normalized spacial score (nSPS) is 20.3. The van der Waals surface area contributed by atoms with Gasteiger partial charge in [0.25, 0.3) is 0 Å². The first-order valence-corrected chi connectivity index (χ1v) is 9.12. The molecule has 1 unspecified atom stereocenters. The molecule has 5 nitrogen and oxygen atoms in total. The predicted octanol–water partition coefficient (Wildman–Crippen LogP) is 1.63. The molecule has 0 aliphatic carbocycles. The Bertz CT molecular complexity index is 544. The first-order valence-electron chi connectivity index (χ1n) is 7.40. The average Bonchev–Trinajstić information content (AvgIpc) is 2.79. The molecule has 1 aromatic rings. The van der Waals surface area contributed by atoms with Crippen LogP contribution in [0, 0.1) is 0 Å². The molecule has 21 heavy (non-hydrogen) atoms. The van der Waals surface area contributed by atoms with Crippen LogP contribution in [-0.4, -0.2) is 45.7 Å². The van der Waals surface area contributed by atoms with Crippen LogP contribution in [0.25, 0.3) is 0 Å². The quantitative estimate of drug-likeness (QED) is 0.739. The summed E-state index contributed by atoms with van der Waals surface area (Å²) in [6.07, 6.45) is 1.55. The van der Waals surface area contributed by atoms with Crippen LogP contribution in [0.3, 0.4) is 0 Å². The third-order valence-corrected chi connectivity index (χ3v) is 5.80. The zero-order chi connectivity index (χ0) is 15.1. The molecule has 6 heteroatoms. The number of sulfone groups is 1. The van der Waals surface area contributed by atoms with Crippen molar-refractivity contribution in [2.24, 2.45) is 0 Å². The summed E-state index contributed by atoms with van der Waals surface area (Å²) >= 11 is 0. The smallest absolute Gasteiger partial charge is 0.161 e. The molecule has 0 saturated carbocycles. The molecule has 0 aromatic heterocycles. The van der Waals surface area contributed by atoms with Crippen molar-refractivity contribution < 1.29 is 17.9 Å². The van der Waals surface area contributed by atoms with Crippen molar-refractivity contribution in [3.8, 4) is 11.5 Å². The zero-order valence-electron chi connectivity index (χ0n) is 12.4. The molecule has 1 fully saturated rings. The van der Waals surface area contributed by atoms with Crippen molar-refractivity contribution in [3.63, 3.8) is 0 Å². The maximum absolute atomic E-state index is 11.7. The van der Waals surface area contributed by atoms with Gasteiger partial charge in [-0.05, 0) is 31.9 Å². The minimum atomic E-state index is -2.86. The van der Waals surface area contributed by atoms with Crippen LogP contribution in [0.15, 0.2) is 24.3 Å². The van der Waals surface area contributed by atoms with Gasteiger partial charge in [0.1, 0.15) is 6.61 Å². The minimum absolute atomic E-state index is 0.229. The Morgan fingerprint density at radius 2 is 1.95 bits per heavy atom. The van der Waals surface area contributed by atoms with Gasteiger partial charge in [-0.3, -0.25) is 0 Å². The number of rotatable bonds is 8. The molecule has 118 valence electrons. The van der Waals surface area contributed by atoms with E-state index in [0.717, 1.165) is 24.3 Å². The van der Waals surface area contributed by atoms with Gasteiger partial charge < -0.3 is 14.8 Å². The Hall–Kier alpha value is -1.27. The molecule has 1 N–H and O–H groups in total. The summed E-state index contributed by atoms with van der Waals surface area (Å²) in [5.41, 5.74) is 0. The van der Waals surface area contributed by atoms with E-state index in [9.17, 15) is 8.42 Å². The monoisotopic (exact) mass is 313 g/mol. The molecule has 1 aliphatic heterocycles. The van der Waals surface area contributed by atoms with Gasteiger partial charge in [0.05, 0.1) is 17.6 Å². The summed E-state index contributed by atoms with van der Waals surface area (Å²) in [6, 6.07) is 7.54. The van der Waals surface area contributed by atoms with E-state index in [-0.39, 0.29) is 5.25 Å². The molecule has 2 rings (SSSR count). The van der Waals surface area contributed by atoms with Gasteiger partial charge in [0, 0.05) is 13.1 Å². The fourth-order valence-corrected chi connectivity index (χ4v) is 4.23. The standard InChI is InChI=1S/C15H23NO4S/c1-2-19-14-7-3-4-8-15(14)20-10-9-16-12-13-6-5-11-21(13,17)18/h3-4,7-8,13,16H,2,5-6,9-12H2,1H3. The third-order valence-electron chi connectivity index (χ3n) is 3.52. The molecular weight excluding hydrogens is 290 g/mol. The third kappa shape index (κ3) is 4.61. The van der Waals surface area contributed by atoms with E-state index in [1.54, 1.807) is 0 Å². The highest BCUT2D eigenvalue weighted by Crippen LogP contribution is 2.26. The molecule has 0 bridgehead atoms. The molecule has 1 atom stereocenters. The van der Waals surface area contributed by atoms with Crippen LogP contribution < -0.4 is 14.8 Å². The van der Waals surface area contributed by atoms with Crippen LogP contribution in [0.5, 0.6) is 11.5 Å². The number of benzene rings is 1. The van der Waals surface area contributed by atoms with Crippen molar-refractivity contribution in [2.45, 2.75) is 25.0 Å². The molecule has 0 radical (unpaired) electrons. The highest BCUT2D eigenvalue weighted by atomic mass is 32.2. The Labute approximate surface area is 126 Å². The van der Waals surface area contributed by atoms with E-state index in [1.165, 1.54) is 0 Å². The van der Waals surface area contributed by atoms with E-state index in [1.807, 2.05) is 31.2 Å². The number of nitrogens with one attached hydrogen (secondary N) is 1. The van der Waals surface area contributed by atoms with Crippen molar-refractivity contribution >= 4 is 9.84 Å². The summed E-state index contributed by atoms with van der Waals surface area (Å²) in [7, 11) is -2.86. The summed E-state index contributed by atoms with van der Waals surface area (Å²) in [4.78, 5) is 0. The molecule has 1 aliphatic rings. The summed E-state index contributed by atoms with van der Waals surface area (Å²) < 4.78 is 34.5. The lowest BCUT2D eigenvalue weighted by Crippen LogP contribution is -2.32. The van der Waals surface area contributed by atoms with Crippen molar-refractivity contribution in [1.29, 1.82) is 0 Å². The first-order chi connectivity index (χ1) is 10.1. The van der Waals surface area contributed by atoms with Crippen LogP contribution >= 0.6 is 0 Å². The topological polar surface area (TPSA) is 64.6 Å². The maximum Gasteiger partial charge on any atom is 0.161 e. The van der Waals surface area contributed by atoms with Gasteiger partial charge in [0.15, 0.2) is 21.3 Å². The average molecular weight is 313 g/mol. The summed E-state index contributed by atoms with van der Waals surface area (Å²) in [6.45, 7) is 4.14. The van der Waals surface area contributed by atoms with E-state index in [2.05, 4.69) is 5.32 Å². The van der Waals surface area contributed by atoms with E-state index >= 15 is 0 Å². The van der Waals surface area contributed by atoms with Crippen molar-refractivity contribution in [1.82, 2.24) is 5.32 Å². The Kier molecular flexibility index (Phi) is 5.87. The van der Waals surface area contributed by atoms with Gasteiger partial charge >= 0.3 is 0 Å².